The number of nitrogens with two attached hydrogens (primary N) is 1. The molecular formula is C7H17N3O6. The minimum atomic E-state index is -0.930. The summed E-state index contributed by atoms with van der Waals surface area (Å²) in [5, 5.41) is 26.8. The van der Waals surface area contributed by atoms with Gasteiger partial charge in [0, 0.05) is 6.54 Å². The number of carbonyl (C=O) groups excluding carboxylic acids is 1. The Bertz CT molecular complexity index is 191. The molecule has 0 bridgehead atoms. The summed E-state index contributed by atoms with van der Waals surface area (Å²) in [6, 6.07) is -0.930. The number of aliphatic hydroxyl groups is 1. The van der Waals surface area contributed by atoms with Gasteiger partial charge in [-0.1, -0.05) is 0 Å². The third-order valence-corrected chi connectivity index (χ3v) is 1.51. The first-order valence-corrected chi connectivity index (χ1v) is 4.60. The molecule has 1 amide bonds. The van der Waals surface area contributed by atoms with Gasteiger partial charge in [-0.05, 0) is 0 Å². The second kappa shape index (κ2) is 9.42. The first-order valence-electron chi connectivity index (χ1n) is 4.60. The van der Waals surface area contributed by atoms with E-state index in [1.54, 1.807) is 0 Å². The van der Waals surface area contributed by atoms with Gasteiger partial charge in [0.05, 0.1) is 31.8 Å². The highest BCUT2D eigenvalue weighted by molar-refractivity contribution is 5.81. The minimum absolute atomic E-state index is 0.0307. The minimum Gasteiger partial charge on any atom is -0.394 e. The van der Waals surface area contributed by atoms with E-state index < -0.39 is 23.9 Å². The fraction of sp³-hybridized carbons (Fsp3) is 0.857. The normalized spacial score (nSPS) is 12.8. The number of rotatable bonds is 9. The highest BCUT2D eigenvalue weighted by Gasteiger charge is 2.10. The largest absolute Gasteiger partial charge is 0.394 e. The fourth-order valence-electron chi connectivity index (χ4n) is 0.740. The summed E-state index contributed by atoms with van der Waals surface area (Å²) in [6.45, 7) is 0.165. The van der Waals surface area contributed by atoms with Gasteiger partial charge in [0.2, 0.25) is 5.91 Å². The molecule has 0 spiro atoms. The van der Waals surface area contributed by atoms with Crippen molar-refractivity contribution in [3.05, 3.63) is 0 Å². The lowest BCUT2D eigenvalue weighted by Gasteiger charge is -2.10. The zero-order valence-corrected chi connectivity index (χ0v) is 8.70. The average molecular weight is 239 g/mol. The molecule has 0 aliphatic heterocycles. The summed E-state index contributed by atoms with van der Waals surface area (Å²) in [4.78, 5) is 15.2. The smallest absolute Gasteiger partial charge is 0.239 e. The van der Waals surface area contributed by atoms with E-state index in [0.29, 0.717) is 0 Å². The van der Waals surface area contributed by atoms with Crippen molar-refractivity contribution in [2.24, 2.45) is 5.73 Å². The molecule has 1 unspecified atom stereocenters. The maximum atomic E-state index is 11.0. The first kappa shape index (κ1) is 15.2. The summed E-state index contributed by atoms with van der Waals surface area (Å²) in [5.41, 5.74) is 5.23. The molecule has 9 heteroatoms. The second-order valence-corrected chi connectivity index (χ2v) is 2.78. The van der Waals surface area contributed by atoms with Gasteiger partial charge in [0.1, 0.15) is 6.04 Å². The van der Waals surface area contributed by atoms with E-state index >= 15 is 0 Å². The average Bonchev–Trinajstić information content (AvgIpc) is 2.25. The lowest BCUT2D eigenvalue weighted by molar-refractivity contribution is -0.493. The zero-order valence-electron chi connectivity index (χ0n) is 8.70. The van der Waals surface area contributed by atoms with Gasteiger partial charge in [-0.25, -0.2) is 4.84 Å². The lowest BCUT2D eigenvalue weighted by atomic mass is 10.3. The van der Waals surface area contributed by atoms with Crippen LogP contribution < -0.4 is 11.1 Å². The molecule has 0 saturated carbocycles. The third-order valence-electron chi connectivity index (χ3n) is 1.51. The summed E-state index contributed by atoms with van der Waals surface area (Å²) in [7, 11) is 0. The summed E-state index contributed by atoms with van der Waals surface area (Å²) >= 11 is 0. The van der Waals surface area contributed by atoms with Crippen LogP contribution in [0.25, 0.3) is 0 Å². The van der Waals surface area contributed by atoms with Crippen LogP contribution in [0.4, 0.5) is 0 Å². The van der Waals surface area contributed by atoms with Crippen LogP contribution >= 0.6 is 0 Å². The highest BCUT2D eigenvalue weighted by Crippen LogP contribution is 1.81. The number of amides is 1. The predicted octanol–water partition coefficient (Wildman–Crippen LogP) is -2.55. The number of ether oxygens (including phenoxy) is 1. The van der Waals surface area contributed by atoms with Crippen LogP contribution in [0.3, 0.4) is 0 Å². The molecule has 0 saturated heterocycles. The van der Waals surface area contributed by atoms with Gasteiger partial charge in [-0.2, -0.15) is 0 Å². The number of aliphatic hydroxyl groups excluding tert-OH is 1. The van der Waals surface area contributed by atoms with Crippen molar-refractivity contribution < 1.29 is 29.9 Å². The van der Waals surface area contributed by atoms with Gasteiger partial charge >= 0.3 is 0 Å². The molecule has 0 aromatic carbocycles. The second-order valence-electron chi connectivity index (χ2n) is 2.78. The molecular weight excluding hydrogens is 222 g/mol. The zero-order chi connectivity index (χ0) is 12.4. The van der Waals surface area contributed by atoms with E-state index in [0.717, 1.165) is 0 Å². The molecule has 16 heavy (non-hydrogen) atoms. The predicted molar refractivity (Wildman–Crippen MR) is 50.3 cm³/mol. The van der Waals surface area contributed by atoms with Crippen LogP contribution in [0.1, 0.15) is 0 Å². The molecule has 9 nitrogen and oxygen atoms in total. The molecule has 0 aromatic rings. The van der Waals surface area contributed by atoms with Crippen molar-refractivity contribution in [3.63, 3.8) is 0 Å². The molecule has 0 fully saturated rings. The summed E-state index contributed by atoms with van der Waals surface area (Å²) in [5.74, 6) is -0.459. The highest BCUT2D eigenvalue weighted by atomic mass is 17.1. The Kier molecular flexibility index (Phi) is 8.94. The van der Waals surface area contributed by atoms with Gasteiger partial charge in [-0.15, -0.1) is 0 Å². The monoisotopic (exact) mass is 239 g/mol. The maximum absolute atomic E-state index is 11.0. The Labute approximate surface area is 92.2 Å². The Morgan fingerprint density at radius 1 is 1.38 bits per heavy atom. The maximum Gasteiger partial charge on any atom is 0.239 e. The standard InChI is InChI=1S/C7H17N3O6/c8-6(5-11)7(12)9-1-2-15-3-4-16-10(13)14/h6,11,13-14H,1-5,8H2,(H,9,12). The van der Waals surface area contributed by atoms with E-state index in [2.05, 4.69) is 10.2 Å². The fourth-order valence-corrected chi connectivity index (χ4v) is 0.740. The van der Waals surface area contributed by atoms with Gasteiger partial charge in [0.15, 0.2) is 0 Å². The summed E-state index contributed by atoms with van der Waals surface area (Å²) in [6.07, 6.45) is 0. The Hall–Kier alpha value is -0.810. The molecule has 0 aliphatic rings. The molecule has 6 N–H and O–H groups in total. The number of nitrogens with zero attached hydrogens (tertiary/aromatic N) is 1. The van der Waals surface area contributed by atoms with Crippen LogP contribution in [0, 0.1) is 0 Å². The lowest BCUT2D eigenvalue weighted by Crippen LogP contribution is -2.44. The Morgan fingerprint density at radius 2 is 2.06 bits per heavy atom. The third kappa shape index (κ3) is 8.49. The van der Waals surface area contributed by atoms with Crippen LogP contribution in [0.2, 0.25) is 0 Å². The molecule has 96 valence electrons. The van der Waals surface area contributed by atoms with Crippen molar-refractivity contribution >= 4 is 5.91 Å². The number of hydrogen-bond donors (Lipinski definition) is 5. The molecule has 0 aliphatic carbocycles. The summed E-state index contributed by atoms with van der Waals surface area (Å²) < 4.78 is 4.96. The van der Waals surface area contributed by atoms with E-state index in [4.69, 9.17) is 26.0 Å². The van der Waals surface area contributed by atoms with Gasteiger partial charge in [-0.3, -0.25) is 15.2 Å². The number of hydrogen-bond acceptors (Lipinski definition) is 8. The molecule has 0 rings (SSSR count). The van der Waals surface area contributed by atoms with Crippen molar-refractivity contribution in [1.29, 1.82) is 0 Å². The Balaban J connectivity index is 3.24. The molecule has 0 aromatic heterocycles. The first-order chi connectivity index (χ1) is 7.57. The molecule has 0 radical (unpaired) electrons. The van der Waals surface area contributed by atoms with Gasteiger partial charge in [0.25, 0.3) is 0 Å². The Morgan fingerprint density at radius 3 is 2.62 bits per heavy atom. The van der Waals surface area contributed by atoms with Crippen LogP contribution in [0.15, 0.2) is 0 Å². The van der Waals surface area contributed by atoms with Gasteiger partial charge < -0.3 is 20.9 Å². The van der Waals surface area contributed by atoms with Crippen LogP contribution in [0.5, 0.6) is 0 Å². The van der Waals surface area contributed by atoms with E-state index in [9.17, 15) is 4.79 Å². The number of carbonyl (C=O) groups is 1. The van der Waals surface area contributed by atoms with Crippen molar-refractivity contribution in [3.8, 4) is 0 Å². The van der Waals surface area contributed by atoms with E-state index in [1.807, 2.05) is 0 Å². The molecule has 1 atom stereocenters. The topological polar surface area (TPSA) is 138 Å². The quantitative estimate of drug-likeness (QED) is 0.219. The van der Waals surface area contributed by atoms with Crippen LogP contribution in [-0.4, -0.2) is 65.8 Å². The SMILES string of the molecule is NC(CO)C(=O)NCCOCCON(O)O. The van der Waals surface area contributed by atoms with Crippen molar-refractivity contribution in [2.75, 3.05) is 33.0 Å². The van der Waals surface area contributed by atoms with Crippen LogP contribution in [-0.2, 0) is 14.4 Å². The van der Waals surface area contributed by atoms with E-state index in [1.165, 1.54) is 0 Å². The number of nitrogens with one attached hydrogen (secondary N) is 1. The molecule has 0 heterocycles. The van der Waals surface area contributed by atoms with Crippen molar-refractivity contribution in [1.82, 2.24) is 10.7 Å². The van der Waals surface area contributed by atoms with Crippen molar-refractivity contribution in [2.45, 2.75) is 6.04 Å². The van der Waals surface area contributed by atoms with E-state index in [-0.39, 0.29) is 26.4 Å².